The van der Waals surface area contributed by atoms with Crippen LogP contribution < -0.4 is 15.4 Å². The van der Waals surface area contributed by atoms with Gasteiger partial charge in [0.15, 0.2) is 6.61 Å². The van der Waals surface area contributed by atoms with Crippen molar-refractivity contribution in [1.29, 1.82) is 0 Å². The second kappa shape index (κ2) is 7.12. The van der Waals surface area contributed by atoms with Gasteiger partial charge in [-0.15, -0.1) is 0 Å². The van der Waals surface area contributed by atoms with Crippen LogP contribution in [-0.4, -0.2) is 18.4 Å². The van der Waals surface area contributed by atoms with Crippen LogP contribution in [-0.2, 0) is 22.6 Å². The largest absolute Gasteiger partial charge is 0.482 e. The first-order chi connectivity index (χ1) is 11.6. The van der Waals surface area contributed by atoms with Gasteiger partial charge >= 0.3 is 0 Å². The molecule has 0 aromatic heterocycles. The summed E-state index contributed by atoms with van der Waals surface area (Å²) in [5.74, 6) is 0.0710. The summed E-state index contributed by atoms with van der Waals surface area (Å²) in [7, 11) is 0. The van der Waals surface area contributed by atoms with E-state index in [1.165, 1.54) is 12.1 Å². The van der Waals surface area contributed by atoms with E-state index in [9.17, 15) is 14.0 Å². The molecule has 6 heteroatoms. The van der Waals surface area contributed by atoms with Gasteiger partial charge in [0.2, 0.25) is 5.91 Å². The predicted molar refractivity (Wildman–Crippen MR) is 87.1 cm³/mol. The summed E-state index contributed by atoms with van der Waals surface area (Å²) in [5.41, 5.74) is 2.42. The first-order valence-electron chi connectivity index (χ1n) is 7.67. The highest BCUT2D eigenvalue weighted by Crippen LogP contribution is 2.28. The number of carbonyl (C=O) groups is 2. The lowest BCUT2D eigenvalue weighted by Crippen LogP contribution is -2.25. The van der Waals surface area contributed by atoms with Crippen LogP contribution in [0.25, 0.3) is 0 Å². The molecular weight excluding hydrogens is 311 g/mol. The van der Waals surface area contributed by atoms with Crippen molar-refractivity contribution in [2.24, 2.45) is 0 Å². The zero-order valence-corrected chi connectivity index (χ0v) is 13.0. The third-order valence-electron chi connectivity index (χ3n) is 3.72. The Kier molecular flexibility index (Phi) is 4.74. The zero-order valence-electron chi connectivity index (χ0n) is 13.0. The topological polar surface area (TPSA) is 67.4 Å². The van der Waals surface area contributed by atoms with E-state index in [1.807, 2.05) is 12.1 Å². The minimum atomic E-state index is -0.298. The van der Waals surface area contributed by atoms with Crippen LogP contribution in [0.15, 0.2) is 42.5 Å². The molecule has 2 N–H and O–H groups in total. The van der Waals surface area contributed by atoms with Gasteiger partial charge in [0.25, 0.3) is 5.91 Å². The molecule has 0 radical (unpaired) electrons. The van der Waals surface area contributed by atoms with Gasteiger partial charge in [0, 0.05) is 13.0 Å². The number of halogens is 1. The molecule has 1 heterocycles. The van der Waals surface area contributed by atoms with Gasteiger partial charge in [0.05, 0.1) is 5.69 Å². The van der Waals surface area contributed by atoms with Crippen molar-refractivity contribution < 1.29 is 18.7 Å². The molecule has 2 aromatic rings. The Morgan fingerprint density at radius 2 is 1.92 bits per heavy atom. The number of carbonyl (C=O) groups excluding carboxylic acids is 2. The molecule has 2 aromatic carbocycles. The molecule has 1 aliphatic rings. The fourth-order valence-corrected chi connectivity index (χ4v) is 2.43. The maximum absolute atomic E-state index is 12.8. The van der Waals surface area contributed by atoms with Gasteiger partial charge in [-0.05, 0) is 41.8 Å². The Bertz CT molecular complexity index is 759. The molecule has 5 nitrogen and oxygen atoms in total. The third-order valence-corrected chi connectivity index (χ3v) is 3.72. The molecule has 0 bridgehead atoms. The molecule has 0 spiro atoms. The number of fused-ring (bicyclic) bond motifs is 1. The van der Waals surface area contributed by atoms with Crippen molar-refractivity contribution in [3.05, 3.63) is 59.4 Å². The molecule has 0 atom stereocenters. The lowest BCUT2D eigenvalue weighted by molar-refractivity contribution is -0.121. The number of aryl methyl sites for hydroxylation is 1. The number of hydrogen-bond acceptors (Lipinski definition) is 3. The summed E-state index contributed by atoms with van der Waals surface area (Å²) < 4.78 is 18.1. The Labute approximate surface area is 138 Å². The van der Waals surface area contributed by atoms with Crippen molar-refractivity contribution in [2.45, 2.75) is 19.4 Å². The van der Waals surface area contributed by atoms with E-state index in [2.05, 4.69) is 10.6 Å². The number of anilines is 1. The molecule has 3 rings (SSSR count). The third kappa shape index (κ3) is 4.10. The van der Waals surface area contributed by atoms with E-state index in [-0.39, 0.29) is 24.2 Å². The molecule has 0 unspecified atom stereocenters. The van der Waals surface area contributed by atoms with Crippen molar-refractivity contribution in [1.82, 2.24) is 5.32 Å². The lowest BCUT2D eigenvalue weighted by Gasteiger charge is -2.18. The number of amides is 2. The highest BCUT2D eigenvalue weighted by Gasteiger charge is 2.16. The number of rotatable bonds is 5. The van der Waals surface area contributed by atoms with Crippen LogP contribution in [0.3, 0.4) is 0 Å². The van der Waals surface area contributed by atoms with Crippen LogP contribution in [0.4, 0.5) is 10.1 Å². The van der Waals surface area contributed by atoms with Gasteiger partial charge in [-0.25, -0.2) is 4.39 Å². The minimum absolute atomic E-state index is 0.0259. The number of ether oxygens (including phenoxy) is 1. The summed E-state index contributed by atoms with van der Waals surface area (Å²) in [4.78, 5) is 23.2. The average Bonchev–Trinajstić information content (AvgIpc) is 2.59. The van der Waals surface area contributed by atoms with Gasteiger partial charge in [-0.3, -0.25) is 9.59 Å². The van der Waals surface area contributed by atoms with Gasteiger partial charge in [0.1, 0.15) is 11.6 Å². The van der Waals surface area contributed by atoms with E-state index in [0.717, 1.165) is 11.1 Å². The van der Waals surface area contributed by atoms with Crippen molar-refractivity contribution in [3.8, 4) is 5.75 Å². The Hall–Kier alpha value is -2.89. The molecule has 24 heavy (non-hydrogen) atoms. The van der Waals surface area contributed by atoms with Crippen molar-refractivity contribution >= 4 is 17.5 Å². The first-order valence-corrected chi connectivity index (χ1v) is 7.67. The number of hydrogen-bond donors (Lipinski definition) is 2. The fraction of sp³-hybridized carbons (Fsp3) is 0.222. The smallest absolute Gasteiger partial charge is 0.262 e. The van der Waals surface area contributed by atoms with Crippen LogP contribution in [0.1, 0.15) is 17.5 Å². The molecule has 0 saturated heterocycles. The summed E-state index contributed by atoms with van der Waals surface area (Å²) in [6.07, 6.45) is 0.882. The molecule has 124 valence electrons. The average molecular weight is 328 g/mol. The summed E-state index contributed by atoms with van der Waals surface area (Å²) in [5, 5.41) is 5.55. The quantitative estimate of drug-likeness (QED) is 0.886. The van der Waals surface area contributed by atoms with Gasteiger partial charge in [-0.1, -0.05) is 18.2 Å². The normalized spacial score (nSPS) is 12.8. The van der Waals surface area contributed by atoms with Crippen LogP contribution in [0, 0.1) is 5.82 Å². The minimum Gasteiger partial charge on any atom is -0.482 e. The zero-order chi connectivity index (χ0) is 16.9. The number of benzene rings is 2. The second-order valence-electron chi connectivity index (χ2n) is 5.57. The van der Waals surface area contributed by atoms with E-state index in [1.54, 1.807) is 18.2 Å². The predicted octanol–water partition coefficient (Wildman–Crippen LogP) is 2.41. The molecule has 1 aliphatic heterocycles. The standard InChI is InChI=1S/C18H17FN2O3/c19-14-5-1-13(2-6-14)10-20-17(22)8-4-12-3-7-16-15(9-12)21-18(23)11-24-16/h1-3,5-7,9H,4,8,10-11H2,(H,20,22)(H,21,23). The number of nitrogens with one attached hydrogen (secondary N) is 2. The Morgan fingerprint density at radius 3 is 2.71 bits per heavy atom. The lowest BCUT2D eigenvalue weighted by atomic mass is 10.1. The van der Waals surface area contributed by atoms with Crippen molar-refractivity contribution in [2.75, 3.05) is 11.9 Å². The van der Waals surface area contributed by atoms with Gasteiger partial charge in [-0.2, -0.15) is 0 Å². The highest BCUT2D eigenvalue weighted by atomic mass is 19.1. The van der Waals surface area contributed by atoms with E-state index >= 15 is 0 Å². The Balaban J connectivity index is 1.50. The SMILES string of the molecule is O=C(CCc1ccc2c(c1)NC(=O)CO2)NCc1ccc(F)cc1. The Morgan fingerprint density at radius 1 is 1.17 bits per heavy atom. The molecule has 0 fully saturated rings. The second-order valence-corrected chi connectivity index (χ2v) is 5.57. The van der Waals surface area contributed by atoms with Crippen LogP contribution in [0.2, 0.25) is 0 Å². The highest BCUT2D eigenvalue weighted by molar-refractivity contribution is 5.95. The monoisotopic (exact) mass is 328 g/mol. The van der Waals surface area contributed by atoms with E-state index in [4.69, 9.17) is 4.74 Å². The summed E-state index contributed by atoms with van der Waals surface area (Å²) in [6, 6.07) is 11.5. The van der Waals surface area contributed by atoms with Crippen LogP contribution >= 0.6 is 0 Å². The van der Waals surface area contributed by atoms with Gasteiger partial charge < -0.3 is 15.4 Å². The van der Waals surface area contributed by atoms with Crippen LogP contribution in [0.5, 0.6) is 5.75 Å². The molecular formula is C18H17FN2O3. The summed E-state index contributed by atoms with van der Waals surface area (Å²) in [6.45, 7) is 0.394. The molecule has 0 aliphatic carbocycles. The molecule has 0 saturated carbocycles. The maximum Gasteiger partial charge on any atom is 0.262 e. The summed E-state index contributed by atoms with van der Waals surface area (Å²) >= 11 is 0. The molecule has 2 amide bonds. The fourth-order valence-electron chi connectivity index (χ4n) is 2.43. The maximum atomic E-state index is 12.8. The van der Waals surface area contributed by atoms with Crippen molar-refractivity contribution in [3.63, 3.8) is 0 Å². The van der Waals surface area contributed by atoms with E-state index < -0.39 is 0 Å². The van der Waals surface area contributed by atoms with E-state index in [0.29, 0.717) is 30.8 Å². The first kappa shape index (κ1) is 16.0.